The molecule has 0 saturated heterocycles. The van der Waals surface area contributed by atoms with Crippen molar-refractivity contribution in [3.05, 3.63) is 0 Å². The number of hydrogen-bond acceptors (Lipinski definition) is 4. The fourth-order valence-corrected chi connectivity index (χ4v) is 2.67. The van der Waals surface area contributed by atoms with Gasteiger partial charge in [0.2, 0.25) is 0 Å². The van der Waals surface area contributed by atoms with E-state index < -0.39 is 23.3 Å². The minimum Gasteiger partial charge on any atom is -0.444 e. The van der Waals surface area contributed by atoms with Crippen LogP contribution >= 0.6 is 0 Å². The van der Waals surface area contributed by atoms with E-state index >= 15 is 0 Å². The van der Waals surface area contributed by atoms with Gasteiger partial charge >= 0.3 is 6.09 Å². The molecule has 112 valence electrons. The van der Waals surface area contributed by atoms with Crippen LogP contribution in [-0.2, 0) is 4.74 Å². The molecule has 4 N–H and O–H groups in total. The molecule has 1 aliphatic rings. The van der Waals surface area contributed by atoms with E-state index in [4.69, 9.17) is 10.5 Å². The number of carbonyl (C=O) groups excluding carboxylic acids is 1. The third-order valence-electron chi connectivity index (χ3n) is 3.57. The van der Waals surface area contributed by atoms with E-state index in [0.717, 1.165) is 32.1 Å². The van der Waals surface area contributed by atoms with Crippen molar-refractivity contribution in [2.75, 3.05) is 6.54 Å². The summed E-state index contributed by atoms with van der Waals surface area (Å²) < 4.78 is 5.30. The van der Waals surface area contributed by atoms with Crippen LogP contribution in [0.5, 0.6) is 0 Å². The van der Waals surface area contributed by atoms with Gasteiger partial charge in [0.1, 0.15) is 5.60 Å². The summed E-state index contributed by atoms with van der Waals surface area (Å²) >= 11 is 0. The summed E-state index contributed by atoms with van der Waals surface area (Å²) in [5, 5.41) is 13.2. The first-order valence-corrected chi connectivity index (χ1v) is 7.18. The first-order valence-electron chi connectivity index (χ1n) is 7.18. The lowest BCUT2D eigenvalue weighted by atomic mass is 9.76. The molecule has 5 nitrogen and oxygen atoms in total. The van der Waals surface area contributed by atoms with Gasteiger partial charge in [-0.15, -0.1) is 0 Å². The zero-order chi connectivity index (χ0) is 14.5. The van der Waals surface area contributed by atoms with E-state index in [9.17, 15) is 9.90 Å². The first kappa shape index (κ1) is 16.2. The second kappa shape index (κ2) is 6.57. The molecule has 0 aliphatic heterocycles. The van der Waals surface area contributed by atoms with Gasteiger partial charge < -0.3 is 20.9 Å². The van der Waals surface area contributed by atoms with E-state index in [1.54, 1.807) is 0 Å². The molecule has 0 spiro atoms. The van der Waals surface area contributed by atoms with Crippen molar-refractivity contribution in [2.45, 2.75) is 76.5 Å². The number of amides is 1. The third kappa shape index (κ3) is 4.99. The van der Waals surface area contributed by atoms with Crippen LogP contribution in [0.1, 0.15) is 59.3 Å². The van der Waals surface area contributed by atoms with Crippen LogP contribution in [0.3, 0.4) is 0 Å². The second-order valence-electron chi connectivity index (χ2n) is 6.44. The number of aliphatic hydroxyl groups is 1. The van der Waals surface area contributed by atoms with Crippen molar-refractivity contribution in [2.24, 2.45) is 5.73 Å². The van der Waals surface area contributed by atoms with Gasteiger partial charge in [0.25, 0.3) is 0 Å². The number of nitrogens with two attached hydrogens (primary N) is 1. The fraction of sp³-hybridized carbons (Fsp3) is 0.929. The third-order valence-corrected chi connectivity index (χ3v) is 3.57. The van der Waals surface area contributed by atoms with Gasteiger partial charge in [-0.05, 0) is 46.6 Å². The Morgan fingerprint density at radius 3 is 2.42 bits per heavy atom. The molecule has 0 radical (unpaired) electrons. The van der Waals surface area contributed by atoms with Crippen molar-refractivity contribution in [3.63, 3.8) is 0 Å². The number of nitrogens with one attached hydrogen (secondary N) is 1. The normalized spacial score (nSPS) is 20.7. The fourth-order valence-electron chi connectivity index (χ4n) is 2.67. The highest BCUT2D eigenvalue weighted by Crippen LogP contribution is 2.32. The predicted molar refractivity (Wildman–Crippen MR) is 74.9 cm³/mol. The number of rotatable bonds is 4. The maximum absolute atomic E-state index is 12.0. The Balaban J connectivity index is 2.71. The Morgan fingerprint density at radius 2 is 1.95 bits per heavy atom. The smallest absolute Gasteiger partial charge is 0.408 e. The minimum absolute atomic E-state index is 0.416. The molecule has 0 heterocycles. The van der Waals surface area contributed by atoms with E-state index in [-0.39, 0.29) is 0 Å². The van der Waals surface area contributed by atoms with Crippen LogP contribution < -0.4 is 11.1 Å². The molecular weight excluding hydrogens is 244 g/mol. The predicted octanol–water partition coefficient (Wildman–Crippen LogP) is 1.92. The highest BCUT2D eigenvalue weighted by atomic mass is 16.6. The molecule has 0 aromatic carbocycles. The van der Waals surface area contributed by atoms with Gasteiger partial charge in [0.05, 0.1) is 11.6 Å². The Bertz CT molecular complexity index is 294. The number of ether oxygens (including phenoxy) is 1. The van der Waals surface area contributed by atoms with Crippen LogP contribution in [0.15, 0.2) is 0 Å². The van der Waals surface area contributed by atoms with Crippen molar-refractivity contribution < 1.29 is 14.6 Å². The van der Waals surface area contributed by atoms with Crippen molar-refractivity contribution in [1.82, 2.24) is 5.32 Å². The van der Waals surface area contributed by atoms with Gasteiger partial charge in [0.15, 0.2) is 0 Å². The largest absolute Gasteiger partial charge is 0.444 e. The van der Waals surface area contributed by atoms with Gasteiger partial charge in [-0.3, -0.25) is 0 Å². The minimum atomic E-state index is -0.606. The molecule has 1 fully saturated rings. The zero-order valence-corrected chi connectivity index (χ0v) is 12.4. The van der Waals surface area contributed by atoms with E-state index in [1.807, 2.05) is 20.8 Å². The number of carbonyl (C=O) groups is 1. The summed E-state index contributed by atoms with van der Waals surface area (Å²) in [7, 11) is 0. The van der Waals surface area contributed by atoms with Crippen LogP contribution in [-0.4, -0.2) is 35.0 Å². The molecule has 1 amide bonds. The van der Waals surface area contributed by atoms with Gasteiger partial charge in [-0.25, -0.2) is 4.79 Å². The summed E-state index contributed by atoms with van der Waals surface area (Å²) in [4.78, 5) is 12.0. The molecule has 0 bridgehead atoms. The highest BCUT2D eigenvalue weighted by molar-refractivity contribution is 5.69. The number of hydrogen-bond donors (Lipinski definition) is 3. The second-order valence-corrected chi connectivity index (χ2v) is 6.44. The molecule has 1 atom stereocenters. The molecule has 19 heavy (non-hydrogen) atoms. The molecule has 0 aromatic heterocycles. The van der Waals surface area contributed by atoms with E-state index in [0.29, 0.717) is 13.0 Å². The first-order chi connectivity index (χ1) is 8.79. The highest BCUT2D eigenvalue weighted by Gasteiger charge is 2.40. The summed E-state index contributed by atoms with van der Waals surface area (Å²) in [6, 6.07) is 0. The van der Waals surface area contributed by atoms with Gasteiger partial charge in [-0.1, -0.05) is 19.3 Å². The van der Waals surface area contributed by atoms with Gasteiger partial charge in [-0.2, -0.15) is 0 Å². The average molecular weight is 272 g/mol. The SMILES string of the molecule is CC(C)(C)OC(=O)NC1([C@H](O)CCN)CCCCC1. The summed E-state index contributed by atoms with van der Waals surface area (Å²) in [6.07, 6.45) is 4.18. The summed E-state index contributed by atoms with van der Waals surface area (Å²) in [5.74, 6) is 0. The number of aliphatic hydroxyl groups excluding tert-OH is 1. The molecule has 1 saturated carbocycles. The Labute approximate surface area is 115 Å². The lowest BCUT2D eigenvalue weighted by Crippen LogP contribution is -2.58. The molecule has 0 aromatic rings. The Hall–Kier alpha value is -0.810. The van der Waals surface area contributed by atoms with Crippen LogP contribution in [0.2, 0.25) is 0 Å². The topological polar surface area (TPSA) is 84.6 Å². The average Bonchev–Trinajstić information content (AvgIpc) is 2.27. The van der Waals surface area contributed by atoms with Crippen molar-refractivity contribution >= 4 is 6.09 Å². The van der Waals surface area contributed by atoms with Crippen molar-refractivity contribution in [3.8, 4) is 0 Å². The van der Waals surface area contributed by atoms with Crippen molar-refractivity contribution in [1.29, 1.82) is 0 Å². The van der Waals surface area contributed by atoms with Crippen LogP contribution in [0.4, 0.5) is 4.79 Å². The molecule has 1 aliphatic carbocycles. The molecular formula is C14H28N2O3. The number of alkyl carbamates (subject to hydrolysis) is 1. The maximum atomic E-state index is 12.0. The Morgan fingerprint density at radius 1 is 1.37 bits per heavy atom. The standard InChI is InChI=1S/C14H28N2O3/c1-13(2,3)19-12(18)16-14(11(17)7-10-15)8-5-4-6-9-14/h11,17H,4-10,15H2,1-3H3,(H,16,18)/t11-/m1/s1. The molecule has 1 rings (SSSR count). The zero-order valence-electron chi connectivity index (χ0n) is 12.4. The lowest BCUT2D eigenvalue weighted by Gasteiger charge is -2.42. The molecule has 5 heteroatoms. The van der Waals surface area contributed by atoms with E-state index in [1.165, 1.54) is 0 Å². The summed E-state index contributed by atoms with van der Waals surface area (Å²) in [6.45, 7) is 5.90. The quantitative estimate of drug-likeness (QED) is 0.730. The summed E-state index contributed by atoms with van der Waals surface area (Å²) in [5.41, 5.74) is 4.43. The van der Waals surface area contributed by atoms with Crippen LogP contribution in [0.25, 0.3) is 0 Å². The monoisotopic (exact) mass is 272 g/mol. The van der Waals surface area contributed by atoms with Crippen LogP contribution in [0, 0.1) is 0 Å². The maximum Gasteiger partial charge on any atom is 0.408 e. The van der Waals surface area contributed by atoms with Gasteiger partial charge in [0, 0.05) is 0 Å². The van der Waals surface area contributed by atoms with E-state index in [2.05, 4.69) is 5.32 Å². The molecule has 0 unspecified atom stereocenters. The Kier molecular flexibility index (Phi) is 5.62. The lowest BCUT2D eigenvalue weighted by molar-refractivity contribution is 0.00569.